The van der Waals surface area contributed by atoms with Crippen molar-refractivity contribution in [2.75, 3.05) is 27.2 Å². The van der Waals surface area contributed by atoms with Crippen LogP contribution in [-0.2, 0) is 0 Å². The monoisotopic (exact) mass is 256 g/mol. The summed E-state index contributed by atoms with van der Waals surface area (Å²) < 4.78 is 0. The average Bonchev–Trinajstić information content (AvgIpc) is 2.33. The average molecular weight is 256 g/mol. The molecule has 0 fully saturated rings. The number of hydrogen-bond acceptors (Lipinski definition) is 2. The molecular formula is C16H36N2. The van der Waals surface area contributed by atoms with E-state index in [2.05, 4.69) is 38.2 Å². The van der Waals surface area contributed by atoms with E-state index in [1.165, 1.54) is 64.3 Å². The first-order chi connectivity index (χ1) is 8.70. The summed E-state index contributed by atoms with van der Waals surface area (Å²) in [4.78, 5) is 2.28. The van der Waals surface area contributed by atoms with Crippen molar-refractivity contribution in [3.63, 3.8) is 0 Å². The van der Waals surface area contributed by atoms with Crippen LogP contribution in [0.4, 0.5) is 0 Å². The van der Waals surface area contributed by atoms with Crippen LogP contribution in [0.1, 0.15) is 71.6 Å². The first-order valence-corrected chi connectivity index (χ1v) is 8.08. The van der Waals surface area contributed by atoms with E-state index in [1.54, 1.807) is 0 Å². The Kier molecular flexibility index (Phi) is 13.3. The van der Waals surface area contributed by atoms with Gasteiger partial charge in [-0.2, -0.15) is 0 Å². The van der Waals surface area contributed by atoms with E-state index in [1.807, 2.05) is 0 Å². The van der Waals surface area contributed by atoms with Gasteiger partial charge < -0.3 is 10.2 Å². The minimum Gasteiger partial charge on any atom is -0.314 e. The molecule has 0 amide bonds. The lowest BCUT2D eigenvalue weighted by Gasteiger charge is -2.18. The van der Waals surface area contributed by atoms with E-state index in [4.69, 9.17) is 0 Å². The summed E-state index contributed by atoms with van der Waals surface area (Å²) in [5.41, 5.74) is 0. The number of nitrogens with one attached hydrogen (secondary N) is 1. The zero-order chi connectivity index (χ0) is 13.6. The lowest BCUT2D eigenvalue weighted by Crippen LogP contribution is -2.28. The zero-order valence-electron chi connectivity index (χ0n) is 13.3. The SMILES string of the molecule is CCCCCCC(CCCCCN(C)C)NCC. The molecule has 110 valence electrons. The van der Waals surface area contributed by atoms with Crippen molar-refractivity contribution < 1.29 is 0 Å². The van der Waals surface area contributed by atoms with Gasteiger partial charge in [-0.25, -0.2) is 0 Å². The van der Waals surface area contributed by atoms with Gasteiger partial charge in [-0.05, 0) is 46.4 Å². The molecule has 0 saturated heterocycles. The van der Waals surface area contributed by atoms with Crippen molar-refractivity contribution in [1.82, 2.24) is 10.2 Å². The van der Waals surface area contributed by atoms with Crippen molar-refractivity contribution in [2.24, 2.45) is 0 Å². The zero-order valence-corrected chi connectivity index (χ0v) is 13.3. The fourth-order valence-electron chi connectivity index (χ4n) is 2.45. The van der Waals surface area contributed by atoms with Crippen molar-refractivity contribution in [2.45, 2.75) is 77.7 Å². The van der Waals surface area contributed by atoms with Crippen LogP contribution in [0.25, 0.3) is 0 Å². The van der Waals surface area contributed by atoms with E-state index in [9.17, 15) is 0 Å². The number of nitrogens with zero attached hydrogens (tertiary/aromatic N) is 1. The quantitative estimate of drug-likeness (QED) is 0.500. The van der Waals surface area contributed by atoms with Gasteiger partial charge in [-0.1, -0.05) is 52.4 Å². The van der Waals surface area contributed by atoms with Crippen molar-refractivity contribution >= 4 is 0 Å². The third-order valence-corrected chi connectivity index (χ3v) is 3.56. The van der Waals surface area contributed by atoms with Crippen molar-refractivity contribution in [3.8, 4) is 0 Å². The third-order valence-electron chi connectivity index (χ3n) is 3.56. The summed E-state index contributed by atoms with van der Waals surface area (Å²) in [5.74, 6) is 0. The highest BCUT2D eigenvalue weighted by Gasteiger charge is 2.06. The molecule has 18 heavy (non-hydrogen) atoms. The summed E-state index contributed by atoms with van der Waals surface area (Å²) in [5, 5.41) is 3.65. The first-order valence-electron chi connectivity index (χ1n) is 8.08. The van der Waals surface area contributed by atoms with E-state index in [0.717, 1.165) is 12.6 Å². The molecule has 1 N–H and O–H groups in total. The Morgan fingerprint density at radius 1 is 0.833 bits per heavy atom. The molecule has 0 bridgehead atoms. The lowest BCUT2D eigenvalue weighted by molar-refractivity contribution is 0.378. The third kappa shape index (κ3) is 12.4. The van der Waals surface area contributed by atoms with Gasteiger partial charge in [0.25, 0.3) is 0 Å². The molecule has 0 heterocycles. The first kappa shape index (κ1) is 17.9. The predicted octanol–water partition coefficient (Wildman–Crippen LogP) is 4.06. The largest absolute Gasteiger partial charge is 0.314 e. The molecule has 2 heteroatoms. The van der Waals surface area contributed by atoms with Gasteiger partial charge in [-0.3, -0.25) is 0 Å². The van der Waals surface area contributed by atoms with Gasteiger partial charge in [0, 0.05) is 6.04 Å². The van der Waals surface area contributed by atoms with E-state index in [-0.39, 0.29) is 0 Å². The molecule has 2 nitrogen and oxygen atoms in total. The number of unbranched alkanes of at least 4 members (excludes halogenated alkanes) is 5. The molecule has 0 spiro atoms. The van der Waals surface area contributed by atoms with Gasteiger partial charge in [-0.15, -0.1) is 0 Å². The number of rotatable bonds is 13. The molecule has 0 aromatic carbocycles. The van der Waals surface area contributed by atoms with Gasteiger partial charge in [0.15, 0.2) is 0 Å². The highest BCUT2D eigenvalue weighted by atomic mass is 15.0. The maximum atomic E-state index is 3.65. The molecule has 0 aliphatic rings. The fraction of sp³-hybridized carbons (Fsp3) is 1.00. The minimum atomic E-state index is 0.770. The van der Waals surface area contributed by atoms with Crippen LogP contribution in [0, 0.1) is 0 Å². The van der Waals surface area contributed by atoms with Crippen LogP contribution in [0.2, 0.25) is 0 Å². The molecule has 0 saturated carbocycles. The Morgan fingerprint density at radius 3 is 1.94 bits per heavy atom. The topological polar surface area (TPSA) is 15.3 Å². The van der Waals surface area contributed by atoms with Crippen molar-refractivity contribution in [3.05, 3.63) is 0 Å². The minimum absolute atomic E-state index is 0.770. The summed E-state index contributed by atoms with van der Waals surface area (Å²) in [6, 6.07) is 0.770. The van der Waals surface area contributed by atoms with Gasteiger partial charge in [0.05, 0.1) is 0 Å². The van der Waals surface area contributed by atoms with E-state index in [0.29, 0.717) is 0 Å². The van der Waals surface area contributed by atoms with E-state index < -0.39 is 0 Å². The van der Waals surface area contributed by atoms with Crippen LogP contribution in [0.5, 0.6) is 0 Å². The molecule has 0 radical (unpaired) electrons. The molecule has 0 aliphatic carbocycles. The predicted molar refractivity (Wildman–Crippen MR) is 83.2 cm³/mol. The van der Waals surface area contributed by atoms with Crippen LogP contribution in [0.3, 0.4) is 0 Å². The maximum Gasteiger partial charge on any atom is 0.00669 e. The second kappa shape index (κ2) is 13.4. The highest BCUT2D eigenvalue weighted by molar-refractivity contribution is 4.66. The van der Waals surface area contributed by atoms with E-state index >= 15 is 0 Å². The molecule has 1 atom stereocenters. The fourth-order valence-corrected chi connectivity index (χ4v) is 2.45. The second-order valence-corrected chi connectivity index (χ2v) is 5.76. The van der Waals surface area contributed by atoms with Crippen LogP contribution in [-0.4, -0.2) is 38.1 Å². The Hall–Kier alpha value is -0.0800. The molecule has 0 aliphatic heterocycles. The molecule has 0 aromatic heterocycles. The summed E-state index contributed by atoms with van der Waals surface area (Å²) in [6.45, 7) is 6.87. The maximum absolute atomic E-state index is 3.65. The van der Waals surface area contributed by atoms with Crippen LogP contribution < -0.4 is 5.32 Å². The molecule has 0 aromatic rings. The Balaban J connectivity index is 3.50. The Bertz CT molecular complexity index is 157. The van der Waals surface area contributed by atoms with Gasteiger partial charge in [0.2, 0.25) is 0 Å². The highest BCUT2D eigenvalue weighted by Crippen LogP contribution is 2.11. The molecular weight excluding hydrogens is 220 g/mol. The van der Waals surface area contributed by atoms with Crippen molar-refractivity contribution in [1.29, 1.82) is 0 Å². The second-order valence-electron chi connectivity index (χ2n) is 5.76. The Morgan fingerprint density at radius 2 is 1.44 bits per heavy atom. The summed E-state index contributed by atoms with van der Waals surface area (Å²) in [6.07, 6.45) is 12.4. The lowest BCUT2D eigenvalue weighted by atomic mass is 10.0. The standard InChI is InChI=1S/C16H36N2/c1-5-7-8-10-13-16(17-6-2)14-11-9-12-15-18(3)4/h16-17H,5-15H2,1-4H3. The Labute approximate surface area is 116 Å². The smallest absolute Gasteiger partial charge is 0.00669 e. The molecule has 1 unspecified atom stereocenters. The van der Waals surface area contributed by atoms with Gasteiger partial charge >= 0.3 is 0 Å². The van der Waals surface area contributed by atoms with Gasteiger partial charge in [0.1, 0.15) is 0 Å². The molecule has 0 rings (SSSR count). The summed E-state index contributed by atoms with van der Waals surface area (Å²) in [7, 11) is 4.32. The normalized spacial score (nSPS) is 13.2. The number of hydrogen-bond donors (Lipinski definition) is 1. The summed E-state index contributed by atoms with van der Waals surface area (Å²) >= 11 is 0. The van der Waals surface area contributed by atoms with Crippen LogP contribution in [0.15, 0.2) is 0 Å². The van der Waals surface area contributed by atoms with Crippen LogP contribution >= 0.6 is 0 Å².